The Hall–Kier alpha value is -2.32. The molecule has 2 N–H and O–H groups in total. The van der Waals surface area contributed by atoms with Crippen LogP contribution in [-0.4, -0.2) is 68.5 Å². The highest BCUT2D eigenvalue weighted by molar-refractivity contribution is 7.45. The number of nitrogens with one attached hydrogen (secondary N) is 1. The maximum Gasteiger partial charge on any atom is 0.268 e. The number of aliphatic hydroxyl groups excluding tert-OH is 1. The average molecular weight is 719 g/mol. The Labute approximate surface area is 306 Å². The molecule has 3 unspecified atom stereocenters. The number of phosphoric ester groups is 1. The van der Waals surface area contributed by atoms with Crippen LogP contribution in [0.3, 0.4) is 0 Å². The Morgan fingerprint density at radius 2 is 1.22 bits per heavy atom. The van der Waals surface area contributed by atoms with Crippen LogP contribution in [0.1, 0.15) is 117 Å². The second-order valence-electron chi connectivity index (χ2n) is 13.5. The van der Waals surface area contributed by atoms with Crippen LogP contribution in [0.5, 0.6) is 0 Å². The van der Waals surface area contributed by atoms with Gasteiger partial charge in [-0.1, -0.05) is 125 Å². The highest BCUT2D eigenvalue weighted by Gasteiger charge is 2.23. The molecule has 8 nitrogen and oxygen atoms in total. The highest BCUT2D eigenvalue weighted by Crippen LogP contribution is 2.38. The molecule has 0 aromatic carbocycles. The summed E-state index contributed by atoms with van der Waals surface area (Å²) < 4.78 is 23.0. The highest BCUT2D eigenvalue weighted by atomic mass is 31.2. The molecule has 0 saturated carbocycles. The topological polar surface area (TPSA) is 108 Å². The minimum atomic E-state index is -4.59. The van der Waals surface area contributed by atoms with Crippen LogP contribution in [0, 0.1) is 0 Å². The predicted molar refractivity (Wildman–Crippen MR) is 210 cm³/mol. The summed E-state index contributed by atoms with van der Waals surface area (Å²) in [5, 5.41) is 13.6. The van der Waals surface area contributed by atoms with Gasteiger partial charge >= 0.3 is 0 Å². The Morgan fingerprint density at radius 3 is 1.76 bits per heavy atom. The van der Waals surface area contributed by atoms with Crippen molar-refractivity contribution in [2.24, 2.45) is 0 Å². The van der Waals surface area contributed by atoms with Gasteiger partial charge in [0.15, 0.2) is 0 Å². The average Bonchev–Trinajstić information content (AvgIpc) is 3.06. The number of carbonyl (C=O) groups excluding carboxylic acids is 1. The lowest BCUT2D eigenvalue weighted by Crippen LogP contribution is -2.45. The van der Waals surface area contributed by atoms with Gasteiger partial charge in [-0.2, -0.15) is 0 Å². The van der Waals surface area contributed by atoms with E-state index >= 15 is 0 Å². The third-order valence-electron chi connectivity index (χ3n) is 7.61. The molecule has 0 fully saturated rings. The van der Waals surface area contributed by atoms with Crippen LogP contribution in [0.25, 0.3) is 0 Å². The molecule has 0 saturated heterocycles. The van der Waals surface area contributed by atoms with E-state index in [-0.39, 0.29) is 18.9 Å². The van der Waals surface area contributed by atoms with E-state index in [1.165, 1.54) is 19.3 Å². The molecule has 9 heteroatoms. The molecule has 286 valence electrons. The number of unbranched alkanes of at least 4 members (excludes halogenated alkanes) is 7. The third-order valence-corrected chi connectivity index (χ3v) is 8.58. The summed E-state index contributed by atoms with van der Waals surface area (Å²) in [6.45, 7) is 4.39. The number of phosphoric acid groups is 1. The number of rotatable bonds is 32. The van der Waals surface area contributed by atoms with E-state index in [0.29, 0.717) is 17.4 Å². The molecule has 0 heterocycles. The van der Waals surface area contributed by atoms with Gasteiger partial charge in [0.1, 0.15) is 13.2 Å². The summed E-state index contributed by atoms with van der Waals surface area (Å²) in [5.74, 6) is -0.250. The maximum absolute atomic E-state index is 12.7. The Morgan fingerprint density at radius 1 is 0.720 bits per heavy atom. The van der Waals surface area contributed by atoms with Crippen molar-refractivity contribution in [3.63, 3.8) is 0 Å². The number of allylic oxidation sites excluding steroid dienone is 13. The monoisotopic (exact) mass is 719 g/mol. The molecule has 50 heavy (non-hydrogen) atoms. The van der Waals surface area contributed by atoms with Gasteiger partial charge < -0.3 is 28.8 Å². The van der Waals surface area contributed by atoms with Crippen LogP contribution in [0.15, 0.2) is 85.1 Å². The smallest absolute Gasteiger partial charge is 0.268 e. The van der Waals surface area contributed by atoms with Crippen LogP contribution in [-0.2, 0) is 18.4 Å². The first-order valence-corrected chi connectivity index (χ1v) is 20.4. The van der Waals surface area contributed by atoms with E-state index in [2.05, 4.69) is 92.1 Å². The Kier molecular flexibility index (Phi) is 31.1. The molecule has 0 radical (unpaired) electrons. The lowest BCUT2D eigenvalue weighted by molar-refractivity contribution is -0.870. The van der Waals surface area contributed by atoms with Crippen LogP contribution < -0.4 is 10.2 Å². The van der Waals surface area contributed by atoms with Crippen LogP contribution in [0.4, 0.5) is 0 Å². The zero-order valence-corrected chi connectivity index (χ0v) is 32.9. The van der Waals surface area contributed by atoms with Crippen molar-refractivity contribution in [2.75, 3.05) is 40.9 Å². The first-order chi connectivity index (χ1) is 24.0. The fourth-order valence-corrected chi connectivity index (χ4v) is 5.29. The fourth-order valence-electron chi connectivity index (χ4n) is 4.56. The van der Waals surface area contributed by atoms with Crippen molar-refractivity contribution < 1.29 is 32.9 Å². The van der Waals surface area contributed by atoms with E-state index < -0.39 is 26.6 Å². The minimum absolute atomic E-state index is 0.0153. The molecular weight excluding hydrogens is 647 g/mol. The minimum Gasteiger partial charge on any atom is -0.756 e. The maximum atomic E-state index is 12.7. The zero-order valence-electron chi connectivity index (χ0n) is 32.1. The SMILES string of the molecule is CC/C=C\C/C=C\C/C=C\C/C=C\C/C=C\C/C=C\CCCCC(=O)NC(COP(=O)([O-])OCC[N+](C)(C)C)C(O)/C=C/CCCCCCC. The first kappa shape index (κ1) is 47.7. The number of aliphatic hydroxyl groups is 1. The molecule has 0 aromatic heterocycles. The van der Waals surface area contributed by atoms with Gasteiger partial charge in [-0.05, 0) is 70.6 Å². The fraction of sp³-hybridized carbons (Fsp3) is 0.634. The summed E-state index contributed by atoms with van der Waals surface area (Å²) in [5.41, 5.74) is 0. The number of hydrogen-bond acceptors (Lipinski definition) is 6. The molecule has 0 aromatic rings. The van der Waals surface area contributed by atoms with Gasteiger partial charge in [-0.3, -0.25) is 9.36 Å². The number of hydrogen-bond donors (Lipinski definition) is 2. The van der Waals surface area contributed by atoms with Gasteiger partial charge in [0, 0.05) is 6.42 Å². The molecule has 0 aliphatic rings. The van der Waals surface area contributed by atoms with Gasteiger partial charge in [-0.15, -0.1) is 0 Å². The summed E-state index contributed by atoms with van der Waals surface area (Å²) in [4.78, 5) is 25.1. The normalized spacial score (nSPS) is 15.6. The predicted octanol–water partition coefficient (Wildman–Crippen LogP) is 9.21. The molecular formula is C41H71N2O6P. The van der Waals surface area contributed by atoms with Crippen molar-refractivity contribution in [3.8, 4) is 0 Å². The van der Waals surface area contributed by atoms with Gasteiger partial charge in [0.25, 0.3) is 7.82 Å². The number of likely N-dealkylation sites (N-methyl/N-ethyl adjacent to an activating group) is 1. The number of quaternary nitrogens is 1. The quantitative estimate of drug-likeness (QED) is 0.0311. The van der Waals surface area contributed by atoms with Crippen molar-refractivity contribution in [2.45, 2.75) is 129 Å². The summed E-state index contributed by atoms with van der Waals surface area (Å²) >= 11 is 0. The van der Waals surface area contributed by atoms with Gasteiger partial charge in [0.05, 0.1) is 39.9 Å². The van der Waals surface area contributed by atoms with Crippen LogP contribution >= 0.6 is 7.82 Å². The number of amides is 1. The van der Waals surface area contributed by atoms with E-state index in [0.717, 1.165) is 70.6 Å². The van der Waals surface area contributed by atoms with E-state index in [4.69, 9.17) is 9.05 Å². The second-order valence-corrected chi connectivity index (χ2v) is 15.0. The Bertz CT molecular complexity index is 1090. The second kappa shape index (κ2) is 32.6. The largest absolute Gasteiger partial charge is 0.756 e. The van der Waals surface area contributed by atoms with E-state index in [9.17, 15) is 19.4 Å². The van der Waals surface area contributed by atoms with Crippen molar-refractivity contribution in [1.29, 1.82) is 0 Å². The lowest BCUT2D eigenvalue weighted by atomic mass is 10.1. The summed E-state index contributed by atoms with van der Waals surface area (Å²) in [6.07, 6.45) is 43.6. The molecule has 0 bridgehead atoms. The summed E-state index contributed by atoms with van der Waals surface area (Å²) in [7, 11) is 1.21. The van der Waals surface area contributed by atoms with E-state index in [1.807, 2.05) is 27.2 Å². The zero-order chi connectivity index (χ0) is 37.2. The van der Waals surface area contributed by atoms with Gasteiger partial charge in [-0.25, -0.2) is 0 Å². The third kappa shape index (κ3) is 34.1. The number of nitrogens with zero attached hydrogens (tertiary/aromatic N) is 1. The lowest BCUT2D eigenvalue weighted by Gasteiger charge is -2.29. The first-order valence-electron chi connectivity index (χ1n) is 18.9. The molecule has 0 spiro atoms. The van der Waals surface area contributed by atoms with Crippen molar-refractivity contribution in [1.82, 2.24) is 5.32 Å². The van der Waals surface area contributed by atoms with Crippen molar-refractivity contribution in [3.05, 3.63) is 85.1 Å². The summed E-state index contributed by atoms with van der Waals surface area (Å²) in [6, 6.07) is -0.911. The molecule has 0 aliphatic heterocycles. The Balaban J connectivity index is 4.48. The van der Waals surface area contributed by atoms with Gasteiger partial charge in [0.2, 0.25) is 5.91 Å². The van der Waals surface area contributed by atoms with E-state index in [1.54, 1.807) is 6.08 Å². The standard InChI is InChI=1S/C41H71N2O6P/c1-6-8-10-12-14-15-16-17-18-19-20-21-22-23-24-25-26-27-29-31-33-35-41(45)42-39(40(44)34-32-30-28-13-11-9-7-2)38-49-50(46,47)48-37-36-43(3,4)5/h8,10,14-15,17-18,20-21,23-24,26-27,32,34,39-40,44H,6-7,9,11-13,16,19,22,25,28-31,33,35-38H2,1-5H3,(H-,42,45,46,47)/b10-8-,15-14-,18-17-,21-20-,24-23-,27-26-,34-32+. The number of carbonyl (C=O) groups is 1. The van der Waals surface area contributed by atoms with Crippen LogP contribution in [0.2, 0.25) is 0 Å². The molecule has 0 rings (SSSR count). The molecule has 3 atom stereocenters. The molecule has 1 amide bonds. The van der Waals surface area contributed by atoms with Crippen molar-refractivity contribution >= 4 is 13.7 Å². The molecule has 0 aliphatic carbocycles.